The predicted octanol–water partition coefficient (Wildman–Crippen LogP) is 9.75. The van der Waals surface area contributed by atoms with Crippen molar-refractivity contribution < 1.29 is 23.5 Å². The number of unbranched alkanes of at least 4 members (excludes halogenated alkanes) is 3. The molecule has 0 fully saturated rings. The first-order chi connectivity index (χ1) is 22.1. The number of benzene rings is 2. The monoisotopic (exact) mass is 662 g/mol. The molecule has 2 aromatic carbocycles. The summed E-state index contributed by atoms with van der Waals surface area (Å²) in [6.07, 6.45) is 4.93. The number of carbonyl (C=O) groups excluding carboxylic acids is 2. The Kier molecular flexibility index (Phi) is 12.7. The van der Waals surface area contributed by atoms with E-state index in [0.29, 0.717) is 46.2 Å². The van der Waals surface area contributed by atoms with Gasteiger partial charge in [0.15, 0.2) is 0 Å². The van der Waals surface area contributed by atoms with E-state index in [1.165, 1.54) is 22.3 Å². The van der Waals surface area contributed by atoms with Crippen LogP contribution >= 0.6 is 22.7 Å². The molecule has 0 saturated heterocycles. The molecule has 0 N–H and O–H groups in total. The smallest absolute Gasteiger partial charge is 0.333 e. The van der Waals surface area contributed by atoms with Crippen LogP contribution in [0, 0.1) is 5.82 Å². The number of carbonyl (C=O) groups is 2. The van der Waals surface area contributed by atoms with Gasteiger partial charge < -0.3 is 14.4 Å². The molecule has 0 radical (unpaired) electrons. The van der Waals surface area contributed by atoms with Crippen LogP contribution in [0.2, 0.25) is 0 Å². The van der Waals surface area contributed by atoms with Gasteiger partial charge in [-0.25, -0.2) is 19.0 Å². The summed E-state index contributed by atoms with van der Waals surface area (Å²) < 4.78 is 26.5. The summed E-state index contributed by atoms with van der Waals surface area (Å²) in [5.41, 5.74) is 3.26. The molecule has 0 aliphatic heterocycles. The normalized spacial score (nSPS) is 11.2. The quantitative estimate of drug-likeness (QED) is 0.0484. The maximum Gasteiger partial charge on any atom is 0.333 e. The summed E-state index contributed by atoms with van der Waals surface area (Å²) >= 11 is 3.14. The van der Waals surface area contributed by atoms with Crippen LogP contribution in [0.3, 0.4) is 0 Å². The lowest BCUT2D eigenvalue weighted by Crippen LogP contribution is -2.28. The summed E-state index contributed by atoms with van der Waals surface area (Å²) in [7, 11) is 0. The number of nitrogens with zero attached hydrogens (tertiary/aromatic N) is 4. The number of aryl methyl sites for hydroxylation is 1. The van der Waals surface area contributed by atoms with Gasteiger partial charge in [0.05, 0.1) is 29.2 Å². The lowest BCUT2D eigenvalue weighted by Gasteiger charge is -2.22. The number of hydrogen-bond acceptors (Lipinski definition) is 10. The van der Waals surface area contributed by atoms with Gasteiger partial charge in [-0.3, -0.25) is 0 Å². The van der Waals surface area contributed by atoms with Crippen LogP contribution < -0.4 is 4.90 Å². The maximum absolute atomic E-state index is 15.1. The Morgan fingerprint density at radius 3 is 2.17 bits per heavy atom. The van der Waals surface area contributed by atoms with Crippen molar-refractivity contribution >= 4 is 61.2 Å². The molecule has 0 bridgehead atoms. The highest BCUT2D eigenvalue weighted by atomic mass is 32.1. The zero-order valence-electron chi connectivity index (χ0n) is 26.5. The van der Waals surface area contributed by atoms with E-state index in [2.05, 4.69) is 34.4 Å². The molecule has 242 valence electrons. The number of anilines is 1. The van der Waals surface area contributed by atoms with Gasteiger partial charge >= 0.3 is 11.9 Å². The fourth-order valence-corrected chi connectivity index (χ4v) is 6.80. The number of rotatable bonds is 17. The Morgan fingerprint density at radius 2 is 1.52 bits per heavy atom. The van der Waals surface area contributed by atoms with Gasteiger partial charge in [-0.05, 0) is 82.5 Å². The molecule has 0 saturated carbocycles. The number of thiophene rings is 1. The van der Waals surface area contributed by atoms with Crippen molar-refractivity contribution in [2.24, 2.45) is 10.2 Å². The SMILES string of the molecule is C=C(C)C(=O)OCCCCCCc1cc2sc(-c3ccc(N=Nc4ccc(N(CC)CCOC(=O)C(=C)C)cc4)cc3F)nc2s1. The number of azo groups is 1. The molecular weight excluding hydrogens is 624 g/mol. The second kappa shape index (κ2) is 16.9. The molecule has 4 rings (SSSR count). The van der Waals surface area contributed by atoms with Crippen molar-refractivity contribution in [1.29, 1.82) is 0 Å². The van der Waals surface area contributed by atoms with Gasteiger partial charge in [-0.2, -0.15) is 10.2 Å². The van der Waals surface area contributed by atoms with Crippen molar-refractivity contribution in [3.63, 3.8) is 0 Å². The topological polar surface area (TPSA) is 93.5 Å². The highest BCUT2D eigenvalue weighted by Gasteiger charge is 2.14. The summed E-state index contributed by atoms with van der Waals surface area (Å²) in [5.74, 6) is -1.12. The third-order valence-electron chi connectivity index (χ3n) is 7.04. The minimum absolute atomic E-state index is 0.267. The van der Waals surface area contributed by atoms with Crippen LogP contribution in [-0.4, -0.2) is 43.2 Å². The molecule has 46 heavy (non-hydrogen) atoms. The number of fused-ring (bicyclic) bond motifs is 1. The third kappa shape index (κ3) is 9.89. The molecule has 0 aliphatic rings. The number of hydrogen-bond donors (Lipinski definition) is 0. The average Bonchev–Trinajstić information content (AvgIpc) is 3.60. The second-order valence-electron chi connectivity index (χ2n) is 10.9. The fourth-order valence-electron chi connectivity index (χ4n) is 4.49. The van der Waals surface area contributed by atoms with Crippen LogP contribution in [0.5, 0.6) is 0 Å². The van der Waals surface area contributed by atoms with E-state index in [1.54, 1.807) is 37.3 Å². The van der Waals surface area contributed by atoms with E-state index in [9.17, 15) is 9.59 Å². The summed E-state index contributed by atoms with van der Waals surface area (Å²) in [6, 6.07) is 14.5. The van der Waals surface area contributed by atoms with Gasteiger partial charge in [-0.15, -0.1) is 22.7 Å². The third-order valence-corrected chi connectivity index (χ3v) is 9.30. The number of esters is 2. The van der Waals surface area contributed by atoms with Crippen molar-refractivity contribution in [2.75, 3.05) is 31.2 Å². The Morgan fingerprint density at radius 1 is 0.870 bits per heavy atom. The fraction of sp³-hybridized carbons (Fsp3) is 0.343. The first-order valence-corrected chi connectivity index (χ1v) is 16.9. The Hall–Kier alpha value is -4.22. The van der Waals surface area contributed by atoms with Gasteiger partial charge in [0.2, 0.25) is 0 Å². The Balaban J connectivity index is 1.27. The first kappa shape index (κ1) is 34.6. The summed E-state index contributed by atoms with van der Waals surface area (Å²) in [4.78, 5) is 32.0. The molecule has 0 amide bonds. The van der Waals surface area contributed by atoms with E-state index in [4.69, 9.17) is 14.5 Å². The van der Waals surface area contributed by atoms with Crippen molar-refractivity contribution in [1.82, 2.24) is 4.98 Å². The predicted molar refractivity (Wildman–Crippen MR) is 185 cm³/mol. The number of thiazole rings is 1. The van der Waals surface area contributed by atoms with E-state index in [0.717, 1.165) is 53.9 Å². The molecule has 2 aromatic heterocycles. The molecule has 2 heterocycles. The van der Waals surface area contributed by atoms with Gasteiger partial charge in [0, 0.05) is 39.9 Å². The Labute approximate surface area is 277 Å². The summed E-state index contributed by atoms with van der Waals surface area (Å²) in [5, 5.41) is 9.14. The molecule has 8 nitrogen and oxygen atoms in total. The molecule has 0 unspecified atom stereocenters. The zero-order chi connectivity index (χ0) is 33.1. The molecule has 11 heteroatoms. The number of halogens is 1. The van der Waals surface area contributed by atoms with Crippen LogP contribution in [-0.2, 0) is 25.5 Å². The average molecular weight is 663 g/mol. The molecular formula is C35H39FN4O4S2. The first-order valence-electron chi connectivity index (χ1n) is 15.3. The molecule has 4 aromatic rings. The zero-order valence-corrected chi connectivity index (χ0v) is 28.1. The maximum atomic E-state index is 15.1. The van der Waals surface area contributed by atoms with Crippen molar-refractivity contribution in [2.45, 2.75) is 52.9 Å². The number of ether oxygens (including phenoxy) is 2. The molecule has 0 aliphatic carbocycles. The highest BCUT2D eigenvalue weighted by Crippen LogP contribution is 2.37. The number of likely N-dealkylation sites (N-methyl/N-ethyl adjacent to an activating group) is 1. The highest BCUT2D eigenvalue weighted by molar-refractivity contribution is 7.28. The van der Waals surface area contributed by atoms with E-state index < -0.39 is 11.8 Å². The van der Waals surface area contributed by atoms with Gasteiger partial charge in [-0.1, -0.05) is 26.0 Å². The molecule has 0 atom stereocenters. The largest absolute Gasteiger partial charge is 0.462 e. The second-order valence-corrected chi connectivity index (χ2v) is 13.0. The lowest BCUT2D eigenvalue weighted by molar-refractivity contribution is -0.139. The van der Waals surface area contributed by atoms with Crippen LogP contribution in [0.1, 0.15) is 51.3 Å². The van der Waals surface area contributed by atoms with Gasteiger partial charge in [0.25, 0.3) is 0 Å². The lowest BCUT2D eigenvalue weighted by atomic mass is 10.1. The molecule has 0 spiro atoms. The Bertz CT molecular complexity index is 1680. The number of aromatic nitrogens is 1. The van der Waals surface area contributed by atoms with E-state index in [1.807, 2.05) is 31.2 Å². The van der Waals surface area contributed by atoms with Crippen LogP contribution in [0.25, 0.3) is 20.1 Å². The standard InChI is InChI=1S/C35H39FN4O4S2/c1-6-40(18-20-44-35(42)24(4)5)27-15-12-25(13-16-27)38-39-26-14-17-29(30(36)21-26)32-37-33-31(46-32)22-28(45-33)11-9-7-8-10-19-43-34(41)23(2)3/h12-17,21-22H,2,4,6-11,18-20H2,1,3,5H3. The van der Waals surface area contributed by atoms with E-state index in [-0.39, 0.29) is 12.6 Å². The van der Waals surface area contributed by atoms with Crippen molar-refractivity contribution in [3.8, 4) is 10.6 Å². The van der Waals surface area contributed by atoms with Crippen LogP contribution in [0.4, 0.5) is 21.5 Å². The van der Waals surface area contributed by atoms with Gasteiger partial charge in [0.1, 0.15) is 22.3 Å². The van der Waals surface area contributed by atoms with Crippen molar-refractivity contribution in [3.05, 3.63) is 83.5 Å². The minimum Gasteiger partial charge on any atom is -0.462 e. The van der Waals surface area contributed by atoms with E-state index >= 15 is 4.39 Å². The summed E-state index contributed by atoms with van der Waals surface area (Å²) in [6.45, 7) is 14.5. The van der Waals surface area contributed by atoms with Crippen LogP contribution in [0.15, 0.2) is 83.1 Å². The minimum atomic E-state index is -0.395.